The van der Waals surface area contributed by atoms with Crippen LogP contribution in [0.3, 0.4) is 0 Å². The molecule has 2 aromatic carbocycles. The fraction of sp³-hybridized carbons (Fsp3) is 0.211. The van der Waals surface area contributed by atoms with Crippen LogP contribution >= 0.6 is 11.6 Å². The van der Waals surface area contributed by atoms with Crippen LogP contribution in [-0.4, -0.2) is 11.4 Å². The second-order valence-electron chi connectivity index (χ2n) is 6.40. The van der Waals surface area contributed by atoms with Gasteiger partial charge in [-0.15, -0.1) is 0 Å². The van der Waals surface area contributed by atoms with Gasteiger partial charge in [-0.1, -0.05) is 35.9 Å². The van der Waals surface area contributed by atoms with E-state index < -0.39 is 0 Å². The highest BCUT2D eigenvalue weighted by molar-refractivity contribution is 6.30. The molecular weight excluding hydrogens is 308 g/mol. The average molecular weight is 327 g/mol. The zero-order chi connectivity index (χ0) is 16.4. The topological polar surface area (TPSA) is 41.1 Å². The number of amides is 1. The molecule has 0 saturated heterocycles. The van der Waals surface area contributed by atoms with Crippen LogP contribution < -0.4 is 10.6 Å². The lowest BCUT2D eigenvalue weighted by Gasteiger charge is -2.35. The molecule has 0 radical (unpaired) electrons. The molecule has 118 valence electrons. The molecule has 0 atom stereocenters. The van der Waals surface area contributed by atoms with E-state index >= 15 is 0 Å². The van der Waals surface area contributed by atoms with Gasteiger partial charge in [-0.2, -0.15) is 0 Å². The Morgan fingerprint density at radius 1 is 1.17 bits per heavy atom. The second kappa shape index (κ2) is 6.09. The molecule has 1 aliphatic rings. The van der Waals surface area contributed by atoms with Crippen LogP contribution in [0.25, 0.3) is 5.70 Å². The van der Waals surface area contributed by atoms with Gasteiger partial charge in [0.05, 0.1) is 0 Å². The summed E-state index contributed by atoms with van der Waals surface area (Å²) in [7, 11) is 0. The van der Waals surface area contributed by atoms with Crippen molar-refractivity contribution in [3.63, 3.8) is 0 Å². The predicted molar refractivity (Wildman–Crippen MR) is 95.4 cm³/mol. The van der Waals surface area contributed by atoms with Crippen molar-refractivity contribution < 1.29 is 4.79 Å². The molecule has 23 heavy (non-hydrogen) atoms. The molecule has 0 aliphatic carbocycles. The van der Waals surface area contributed by atoms with Crippen molar-refractivity contribution in [2.24, 2.45) is 0 Å². The molecule has 4 heteroatoms. The normalized spacial score (nSPS) is 17.3. The summed E-state index contributed by atoms with van der Waals surface area (Å²) in [5.74, 6) is -0.165. The van der Waals surface area contributed by atoms with Gasteiger partial charge < -0.3 is 10.6 Å². The highest BCUT2D eigenvalue weighted by Gasteiger charge is 2.27. The summed E-state index contributed by atoms with van der Waals surface area (Å²) in [6.45, 7) is 4.27. The maximum Gasteiger partial charge on any atom is 0.250 e. The van der Waals surface area contributed by atoms with E-state index in [0.717, 1.165) is 23.4 Å². The summed E-state index contributed by atoms with van der Waals surface area (Å²) in [6.07, 6.45) is 2.55. The lowest BCUT2D eigenvalue weighted by molar-refractivity contribution is -0.111. The third kappa shape index (κ3) is 3.74. The van der Waals surface area contributed by atoms with Crippen molar-refractivity contribution in [2.45, 2.75) is 25.8 Å². The standard InChI is InChI=1S/C19H19ClN2O/c1-19(2)12-13-5-3-4-6-16(13)17(22-19)11-18(23)21-15-9-7-14(20)8-10-15/h3-11,22H,12H2,1-2H3,(H,21,23)/b17-11-. The molecule has 1 heterocycles. The largest absolute Gasteiger partial charge is 0.379 e. The lowest BCUT2D eigenvalue weighted by atomic mass is 9.86. The summed E-state index contributed by atoms with van der Waals surface area (Å²) in [5, 5.41) is 6.96. The zero-order valence-corrected chi connectivity index (χ0v) is 13.9. The highest BCUT2D eigenvalue weighted by atomic mass is 35.5. The summed E-state index contributed by atoms with van der Waals surface area (Å²) < 4.78 is 0. The molecular formula is C19H19ClN2O. The monoisotopic (exact) mass is 326 g/mol. The van der Waals surface area contributed by atoms with Crippen LogP contribution in [0.2, 0.25) is 5.02 Å². The predicted octanol–water partition coefficient (Wildman–Crippen LogP) is 4.24. The number of carbonyl (C=O) groups is 1. The van der Waals surface area contributed by atoms with E-state index in [-0.39, 0.29) is 11.4 Å². The Kier molecular flexibility index (Phi) is 4.14. The van der Waals surface area contributed by atoms with Gasteiger partial charge in [-0.3, -0.25) is 4.79 Å². The number of rotatable bonds is 2. The van der Waals surface area contributed by atoms with Crippen LogP contribution in [0.5, 0.6) is 0 Å². The Bertz CT molecular complexity index is 763. The molecule has 0 bridgehead atoms. The molecule has 0 fully saturated rings. The molecule has 1 amide bonds. The van der Waals surface area contributed by atoms with Gasteiger partial charge in [0.15, 0.2) is 0 Å². The Balaban J connectivity index is 1.86. The third-order valence-corrected chi connectivity index (χ3v) is 4.05. The van der Waals surface area contributed by atoms with E-state index in [4.69, 9.17) is 11.6 Å². The summed E-state index contributed by atoms with van der Waals surface area (Å²) >= 11 is 5.86. The quantitative estimate of drug-likeness (QED) is 0.810. The van der Waals surface area contributed by atoms with Crippen molar-refractivity contribution in [2.75, 3.05) is 5.32 Å². The number of anilines is 1. The van der Waals surface area contributed by atoms with Crippen molar-refractivity contribution in [3.8, 4) is 0 Å². The highest BCUT2D eigenvalue weighted by Crippen LogP contribution is 2.29. The Morgan fingerprint density at radius 2 is 1.87 bits per heavy atom. The first-order valence-electron chi connectivity index (χ1n) is 7.58. The van der Waals surface area contributed by atoms with Crippen molar-refractivity contribution in [1.82, 2.24) is 5.32 Å². The first-order chi connectivity index (χ1) is 10.9. The minimum Gasteiger partial charge on any atom is -0.379 e. The molecule has 0 saturated carbocycles. The summed E-state index contributed by atoms with van der Waals surface area (Å²) in [6, 6.07) is 15.2. The van der Waals surface area contributed by atoms with Crippen LogP contribution in [-0.2, 0) is 11.2 Å². The van der Waals surface area contributed by atoms with Crippen LogP contribution in [0.4, 0.5) is 5.69 Å². The molecule has 0 aromatic heterocycles. The van der Waals surface area contributed by atoms with E-state index in [1.165, 1.54) is 5.56 Å². The number of halogens is 1. The number of carbonyl (C=O) groups excluding carboxylic acids is 1. The van der Waals surface area contributed by atoms with E-state index in [1.54, 1.807) is 30.3 Å². The first-order valence-corrected chi connectivity index (χ1v) is 7.95. The lowest BCUT2D eigenvalue weighted by Crippen LogP contribution is -2.44. The maximum atomic E-state index is 12.3. The fourth-order valence-electron chi connectivity index (χ4n) is 2.85. The fourth-order valence-corrected chi connectivity index (χ4v) is 2.97. The number of hydrogen-bond acceptors (Lipinski definition) is 2. The Morgan fingerprint density at radius 3 is 2.61 bits per heavy atom. The molecule has 3 nitrogen and oxygen atoms in total. The summed E-state index contributed by atoms with van der Waals surface area (Å²) in [4.78, 5) is 12.3. The molecule has 0 spiro atoms. The van der Waals surface area contributed by atoms with E-state index in [9.17, 15) is 4.79 Å². The van der Waals surface area contributed by atoms with Gasteiger partial charge in [0, 0.05) is 33.6 Å². The van der Waals surface area contributed by atoms with Gasteiger partial charge in [0.2, 0.25) is 5.91 Å². The zero-order valence-electron chi connectivity index (χ0n) is 13.2. The van der Waals surface area contributed by atoms with Gasteiger partial charge in [-0.25, -0.2) is 0 Å². The van der Waals surface area contributed by atoms with E-state index in [0.29, 0.717) is 5.02 Å². The minimum atomic E-state index is -0.165. The van der Waals surface area contributed by atoms with Crippen LogP contribution in [0.15, 0.2) is 54.6 Å². The van der Waals surface area contributed by atoms with Gasteiger partial charge in [0.1, 0.15) is 0 Å². The third-order valence-electron chi connectivity index (χ3n) is 3.80. The molecule has 3 rings (SSSR count). The maximum absolute atomic E-state index is 12.3. The smallest absolute Gasteiger partial charge is 0.250 e. The van der Waals surface area contributed by atoms with E-state index in [1.807, 2.05) is 18.2 Å². The molecule has 2 N–H and O–H groups in total. The number of fused-ring (bicyclic) bond motifs is 1. The minimum absolute atomic E-state index is 0.0826. The first kappa shape index (κ1) is 15.6. The Hall–Kier alpha value is -2.26. The van der Waals surface area contributed by atoms with E-state index in [2.05, 4.69) is 30.5 Å². The SMILES string of the molecule is CC1(C)Cc2ccccc2/C(=C/C(=O)Nc2ccc(Cl)cc2)N1. The van der Waals surface area contributed by atoms with Crippen molar-refractivity contribution in [1.29, 1.82) is 0 Å². The average Bonchev–Trinajstić information content (AvgIpc) is 2.48. The van der Waals surface area contributed by atoms with Gasteiger partial charge in [-0.05, 0) is 50.1 Å². The van der Waals surface area contributed by atoms with Crippen LogP contribution in [0.1, 0.15) is 25.0 Å². The second-order valence-corrected chi connectivity index (χ2v) is 6.83. The molecule has 2 aromatic rings. The van der Waals surface area contributed by atoms with Gasteiger partial charge in [0.25, 0.3) is 0 Å². The summed E-state index contributed by atoms with van der Waals surface area (Å²) in [5.41, 5.74) is 3.82. The molecule has 0 unspecified atom stereocenters. The Labute approximate surface area is 141 Å². The number of hydrogen-bond donors (Lipinski definition) is 2. The van der Waals surface area contributed by atoms with Crippen molar-refractivity contribution >= 4 is 28.9 Å². The van der Waals surface area contributed by atoms with Crippen LogP contribution in [0, 0.1) is 0 Å². The molecule has 1 aliphatic heterocycles. The number of nitrogens with one attached hydrogen (secondary N) is 2. The number of benzene rings is 2. The van der Waals surface area contributed by atoms with Gasteiger partial charge >= 0.3 is 0 Å². The van der Waals surface area contributed by atoms with Crippen molar-refractivity contribution in [3.05, 3.63) is 70.8 Å².